The highest BCUT2D eigenvalue weighted by molar-refractivity contribution is 5.79. The van der Waals surface area contributed by atoms with Crippen molar-refractivity contribution < 1.29 is 37.8 Å². The minimum absolute atomic E-state index is 0.0439. The Hall–Kier alpha value is -4.26. The quantitative estimate of drug-likeness (QED) is 0.236. The molecule has 0 aliphatic heterocycles. The van der Waals surface area contributed by atoms with Crippen LogP contribution in [0.2, 0.25) is 0 Å². The molecule has 13 heteroatoms. The Morgan fingerprint density at radius 3 is 2.46 bits per heavy atom. The molecule has 10 nitrogen and oxygen atoms in total. The Balaban J connectivity index is 1.82. The van der Waals surface area contributed by atoms with Crippen molar-refractivity contribution in [3.05, 3.63) is 69.6 Å². The van der Waals surface area contributed by atoms with E-state index >= 15 is 0 Å². The van der Waals surface area contributed by atoms with Gasteiger partial charge in [-0.3, -0.25) is 14.4 Å². The van der Waals surface area contributed by atoms with E-state index in [0.29, 0.717) is 28.6 Å². The molecular weight excluding hydrogens is 521 g/mol. The van der Waals surface area contributed by atoms with Crippen molar-refractivity contribution in [2.45, 2.75) is 45.1 Å². The topological polar surface area (TPSA) is 151 Å². The third-order valence-electron chi connectivity index (χ3n) is 6.10. The van der Waals surface area contributed by atoms with Gasteiger partial charge in [-0.15, -0.1) is 0 Å². The summed E-state index contributed by atoms with van der Waals surface area (Å²) in [5.41, 5.74) is 0.881. The molecule has 208 valence electrons. The minimum atomic E-state index is -4.46. The summed E-state index contributed by atoms with van der Waals surface area (Å²) in [6.07, 6.45) is -5.11. The number of anilines is 1. The number of aliphatic carboxylic acids is 2. The summed E-state index contributed by atoms with van der Waals surface area (Å²) < 4.78 is 40.5. The molecule has 0 saturated carbocycles. The number of benzene rings is 2. The second-order valence-electron chi connectivity index (χ2n) is 8.97. The van der Waals surface area contributed by atoms with Gasteiger partial charge in [-0.1, -0.05) is 12.1 Å². The molecule has 3 rings (SSSR count). The first-order chi connectivity index (χ1) is 18.4. The number of carboxylic acid groups (broad SMARTS) is 2. The van der Waals surface area contributed by atoms with Crippen LogP contribution in [0.25, 0.3) is 11.0 Å². The molecule has 0 amide bonds. The molecule has 2 atom stereocenters. The SMILES string of the molecule is Cc1nc2ccc(NCc3cccc(C(F)(F)F)c3)cc2n(CCNC(CC(=O)O)C(C=O)CC(=O)O)c1=O. The third kappa shape index (κ3) is 7.87. The summed E-state index contributed by atoms with van der Waals surface area (Å²) in [7, 11) is 0. The minimum Gasteiger partial charge on any atom is -0.481 e. The van der Waals surface area contributed by atoms with Crippen molar-refractivity contribution in [3.63, 3.8) is 0 Å². The number of carbonyl (C=O) groups excluding carboxylic acids is 1. The standard InChI is InChI=1S/C26H27F3N4O6/c1-15-25(39)33(8-7-30-21(12-24(37)38)17(14-34)10-23(35)36)22-11-19(5-6-20(22)32-15)31-13-16-3-2-4-18(9-16)26(27,28)29/h2-6,9,11,14,17,21,30-31H,7-8,10,12-13H2,1H3,(H,35,36)(H,37,38). The number of nitrogens with zero attached hydrogens (tertiary/aromatic N) is 2. The van der Waals surface area contributed by atoms with Gasteiger partial charge < -0.3 is 30.2 Å². The summed E-state index contributed by atoms with van der Waals surface area (Å²) >= 11 is 0. The van der Waals surface area contributed by atoms with Crippen LogP contribution in [-0.2, 0) is 33.6 Å². The van der Waals surface area contributed by atoms with Crippen LogP contribution >= 0.6 is 0 Å². The molecule has 0 aliphatic rings. The molecule has 1 aromatic heterocycles. The zero-order chi connectivity index (χ0) is 28.7. The molecule has 0 radical (unpaired) electrons. The maximum Gasteiger partial charge on any atom is 0.416 e. The summed E-state index contributed by atoms with van der Waals surface area (Å²) in [6.45, 7) is 1.72. The average molecular weight is 549 g/mol. The summed E-state index contributed by atoms with van der Waals surface area (Å²) in [6, 6.07) is 8.91. The van der Waals surface area contributed by atoms with E-state index in [2.05, 4.69) is 15.6 Å². The summed E-state index contributed by atoms with van der Waals surface area (Å²) in [4.78, 5) is 51.0. The number of hydrogen-bond donors (Lipinski definition) is 4. The van der Waals surface area contributed by atoms with Crippen LogP contribution in [0.1, 0.15) is 29.7 Å². The van der Waals surface area contributed by atoms with Crippen molar-refractivity contribution in [3.8, 4) is 0 Å². The van der Waals surface area contributed by atoms with Crippen molar-refractivity contribution in [1.29, 1.82) is 0 Å². The average Bonchev–Trinajstić information content (AvgIpc) is 2.87. The van der Waals surface area contributed by atoms with Gasteiger partial charge in [0.2, 0.25) is 0 Å². The van der Waals surface area contributed by atoms with Crippen LogP contribution in [-0.4, -0.2) is 50.6 Å². The second kappa shape index (κ2) is 12.5. The number of aldehydes is 1. The molecule has 0 bridgehead atoms. The normalized spacial score (nSPS) is 13.1. The highest BCUT2D eigenvalue weighted by atomic mass is 19.4. The van der Waals surface area contributed by atoms with Gasteiger partial charge in [0.1, 0.15) is 12.0 Å². The predicted octanol–water partition coefficient (Wildman–Crippen LogP) is 3.06. The summed E-state index contributed by atoms with van der Waals surface area (Å²) in [5.74, 6) is -3.55. The van der Waals surface area contributed by atoms with Crippen LogP contribution in [0, 0.1) is 12.8 Å². The number of rotatable bonds is 13. The first-order valence-electron chi connectivity index (χ1n) is 11.9. The van der Waals surface area contributed by atoms with Gasteiger partial charge in [-0.25, -0.2) is 4.98 Å². The number of alkyl halides is 3. The lowest BCUT2D eigenvalue weighted by Gasteiger charge is -2.22. The zero-order valence-corrected chi connectivity index (χ0v) is 20.9. The number of nitrogens with one attached hydrogen (secondary N) is 2. The van der Waals surface area contributed by atoms with E-state index in [-0.39, 0.29) is 25.3 Å². The van der Waals surface area contributed by atoms with Crippen LogP contribution < -0.4 is 16.2 Å². The van der Waals surface area contributed by atoms with Crippen LogP contribution in [0.5, 0.6) is 0 Å². The van der Waals surface area contributed by atoms with Gasteiger partial charge in [0, 0.05) is 37.3 Å². The Kier molecular flexibility index (Phi) is 9.41. The maximum atomic E-state index is 13.0. The van der Waals surface area contributed by atoms with Gasteiger partial charge in [0.25, 0.3) is 5.56 Å². The first-order valence-corrected chi connectivity index (χ1v) is 11.9. The fourth-order valence-electron chi connectivity index (χ4n) is 4.17. The monoisotopic (exact) mass is 548 g/mol. The van der Waals surface area contributed by atoms with E-state index in [0.717, 1.165) is 12.1 Å². The van der Waals surface area contributed by atoms with Gasteiger partial charge in [0.15, 0.2) is 0 Å². The van der Waals surface area contributed by atoms with E-state index in [9.17, 15) is 37.5 Å². The van der Waals surface area contributed by atoms with Gasteiger partial charge in [0.05, 0.1) is 29.4 Å². The fraction of sp³-hybridized carbons (Fsp3) is 0.346. The number of carbonyl (C=O) groups is 3. The highest BCUT2D eigenvalue weighted by Crippen LogP contribution is 2.29. The number of hydrogen-bond acceptors (Lipinski definition) is 7. The number of aryl methyl sites for hydroxylation is 1. The van der Waals surface area contributed by atoms with Crippen molar-refractivity contribution in [1.82, 2.24) is 14.9 Å². The molecule has 3 aromatic rings. The summed E-state index contributed by atoms with van der Waals surface area (Å²) in [5, 5.41) is 24.2. The molecular formula is C26H27F3N4O6. The van der Waals surface area contributed by atoms with Crippen LogP contribution in [0.15, 0.2) is 47.3 Å². The van der Waals surface area contributed by atoms with E-state index in [1.54, 1.807) is 24.3 Å². The lowest BCUT2D eigenvalue weighted by Crippen LogP contribution is -2.42. The second-order valence-corrected chi connectivity index (χ2v) is 8.97. The smallest absolute Gasteiger partial charge is 0.416 e. The van der Waals surface area contributed by atoms with Crippen molar-refractivity contribution in [2.75, 3.05) is 11.9 Å². The Morgan fingerprint density at radius 2 is 1.82 bits per heavy atom. The number of aromatic nitrogens is 2. The molecule has 0 spiro atoms. The van der Waals surface area contributed by atoms with E-state index in [4.69, 9.17) is 5.11 Å². The van der Waals surface area contributed by atoms with Crippen molar-refractivity contribution in [2.24, 2.45) is 5.92 Å². The molecule has 2 aromatic carbocycles. The van der Waals surface area contributed by atoms with Crippen LogP contribution in [0.3, 0.4) is 0 Å². The Morgan fingerprint density at radius 1 is 1.10 bits per heavy atom. The molecule has 1 heterocycles. The molecule has 0 fully saturated rings. The van der Waals surface area contributed by atoms with Gasteiger partial charge >= 0.3 is 18.1 Å². The third-order valence-corrected chi connectivity index (χ3v) is 6.10. The largest absolute Gasteiger partial charge is 0.481 e. The first kappa shape index (κ1) is 29.3. The molecule has 2 unspecified atom stereocenters. The fourth-order valence-corrected chi connectivity index (χ4v) is 4.17. The Labute approximate surface area is 220 Å². The number of carboxylic acids is 2. The zero-order valence-electron chi connectivity index (χ0n) is 20.9. The number of halogens is 3. The van der Waals surface area contributed by atoms with Crippen LogP contribution in [0.4, 0.5) is 18.9 Å². The molecule has 0 aliphatic carbocycles. The Bertz CT molecular complexity index is 1420. The van der Waals surface area contributed by atoms with Crippen molar-refractivity contribution >= 4 is 34.9 Å². The van der Waals surface area contributed by atoms with E-state index in [1.807, 2.05) is 0 Å². The lowest BCUT2D eigenvalue weighted by molar-refractivity contribution is -0.142. The van der Waals surface area contributed by atoms with Gasteiger partial charge in [-0.2, -0.15) is 13.2 Å². The van der Waals surface area contributed by atoms with E-state index < -0.39 is 54.0 Å². The van der Waals surface area contributed by atoms with E-state index in [1.165, 1.54) is 17.6 Å². The highest BCUT2D eigenvalue weighted by Gasteiger charge is 2.30. The lowest BCUT2D eigenvalue weighted by atomic mass is 9.95. The maximum absolute atomic E-state index is 13.0. The molecule has 39 heavy (non-hydrogen) atoms. The number of fused-ring (bicyclic) bond motifs is 1. The molecule has 4 N–H and O–H groups in total. The molecule has 0 saturated heterocycles. The van der Waals surface area contributed by atoms with Gasteiger partial charge in [-0.05, 0) is 42.8 Å². The predicted molar refractivity (Wildman–Crippen MR) is 135 cm³/mol.